The largest absolute Gasteiger partial charge is 0.247 e. The molecule has 7 heteroatoms. The van der Waals surface area contributed by atoms with Crippen molar-refractivity contribution in [2.24, 2.45) is 0 Å². The van der Waals surface area contributed by atoms with Gasteiger partial charge in [-0.3, -0.25) is 0 Å². The average molecular weight is 881 g/mol. The molecule has 0 spiro atoms. The fraction of sp³-hybridized carbons (Fsp3) is 0. The first-order valence-corrected chi connectivity index (χ1v) is 24.1. The molecular weight excluding hydrogens is 849 g/mol. The molecule has 302 valence electrons. The van der Waals surface area contributed by atoms with Crippen molar-refractivity contribution < 1.29 is 0 Å². The highest BCUT2D eigenvalue weighted by Crippen LogP contribution is 2.48. The highest BCUT2D eigenvalue weighted by atomic mass is 32.1. The maximum absolute atomic E-state index is 5.34. The first-order chi connectivity index (χ1) is 32.2. The summed E-state index contributed by atoms with van der Waals surface area (Å²) in [6.45, 7) is 0. The second kappa shape index (κ2) is 14.4. The fourth-order valence-corrected chi connectivity index (χ4v) is 13.4. The summed E-state index contributed by atoms with van der Waals surface area (Å²) in [6, 6.07) is 69.4. The standard InChI is InChI=1S/C58H32N4S3/c1-2-14-34(15-3-1)52-45-32-44(55-51(41-19-7-11-27-49(41)65-55)50(45)40-18-4-8-24-46(40)59-52)33-28-30-35(31-29-33)56-60-57(42-22-12-20-38-36-16-5-9-25-47(36)63-53(38)42)62-58(61-56)43-23-13-21-39-37-17-6-10-26-48(37)64-54(39)43/h1-32H. The second-order valence-electron chi connectivity index (χ2n) is 16.4. The summed E-state index contributed by atoms with van der Waals surface area (Å²) in [5, 5.41) is 11.0. The lowest BCUT2D eigenvalue weighted by atomic mass is 9.92. The van der Waals surface area contributed by atoms with Crippen molar-refractivity contribution in [3.63, 3.8) is 0 Å². The van der Waals surface area contributed by atoms with Crippen molar-refractivity contribution in [3.8, 4) is 56.5 Å². The van der Waals surface area contributed by atoms with Gasteiger partial charge in [-0.05, 0) is 48.0 Å². The molecule has 9 aromatic carbocycles. The number of hydrogen-bond acceptors (Lipinski definition) is 7. The van der Waals surface area contributed by atoms with Crippen molar-refractivity contribution in [2.45, 2.75) is 0 Å². The molecule has 0 amide bonds. The Balaban J connectivity index is 0.990. The van der Waals surface area contributed by atoms with Crippen LogP contribution in [0.4, 0.5) is 0 Å². The summed E-state index contributed by atoms with van der Waals surface area (Å²) in [5.74, 6) is 1.97. The summed E-state index contributed by atoms with van der Waals surface area (Å²) in [4.78, 5) is 21.3. The van der Waals surface area contributed by atoms with E-state index >= 15 is 0 Å². The molecule has 0 atom stereocenters. The number of rotatable bonds is 5. The van der Waals surface area contributed by atoms with Crippen LogP contribution in [0.1, 0.15) is 0 Å². The summed E-state index contributed by atoms with van der Waals surface area (Å²) in [7, 11) is 0. The first kappa shape index (κ1) is 36.8. The van der Waals surface area contributed by atoms with E-state index in [0.717, 1.165) is 49.8 Å². The average Bonchev–Trinajstić information content (AvgIpc) is 4.08. The molecular formula is C58H32N4S3. The number of fused-ring (bicyclic) bond motifs is 13. The minimum Gasteiger partial charge on any atom is -0.247 e. The lowest BCUT2D eigenvalue weighted by molar-refractivity contribution is 1.08. The molecule has 0 aliphatic heterocycles. The van der Waals surface area contributed by atoms with E-state index in [1.165, 1.54) is 71.5 Å². The van der Waals surface area contributed by atoms with Crippen LogP contribution in [-0.2, 0) is 0 Å². The summed E-state index contributed by atoms with van der Waals surface area (Å²) >= 11 is 5.45. The van der Waals surface area contributed by atoms with Gasteiger partial charge in [-0.1, -0.05) is 152 Å². The van der Waals surface area contributed by atoms with Gasteiger partial charge in [0.15, 0.2) is 17.5 Å². The molecule has 0 unspecified atom stereocenters. The Morgan fingerprint density at radius 1 is 0.277 bits per heavy atom. The van der Waals surface area contributed by atoms with E-state index in [1.54, 1.807) is 22.7 Å². The molecule has 0 saturated carbocycles. The van der Waals surface area contributed by atoms with Gasteiger partial charge in [0, 0.05) is 104 Å². The SMILES string of the molecule is c1ccc(-c2nc3ccccc3c3c2cc(-c2ccc(-c4nc(-c5cccc6c5sc5ccccc56)nc(-c5cccc6c5sc5ccccc56)n4)cc2)c2sc4ccccc4c23)cc1. The van der Waals surface area contributed by atoms with Crippen LogP contribution in [0.25, 0.3) is 139 Å². The third-order valence-corrected chi connectivity index (χ3v) is 16.4. The lowest BCUT2D eigenvalue weighted by Gasteiger charge is -2.15. The Labute approximate surface area is 384 Å². The Hall–Kier alpha value is -7.68. The second-order valence-corrected chi connectivity index (χ2v) is 19.6. The predicted molar refractivity (Wildman–Crippen MR) is 278 cm³/mol. The van der Waals surface area contributed by atoms with Gasteiger partial charge in [0.1, 0.15) is 0 Å². The maximum atomic E-state index is 5.34. The van der Waals surface area contributed by atoms with Crippen molar-refractivity contribution in [1.29, 1.82) is 0 Å². The van der Waals surface area contributed by atoms with Gasteiger partial charge >= 0.3 is 0 Å². The van der Waals surface area contributed by atoms with Crippen LogP contribution in [0.5, 0.6) is 0 Å². The number of nitrogens with zero attached hydrogens (tertiary/aromatic N) is 4. The van der Waals surface area contributed by atoms with Crippen LogP contribution >= 0.6 is 34.0 Å². The van der Waals surface area contributed by atoms with Gasteiger partial charge in [0.2, 0.25) is 0 Å². The molecule has 0 saturated heterocycles. The van der Waals surface area contributed by atoms with E-state index in [9.17, 15) is 0 Å². The third-order valence-electron chi connectivity index (χ3n) is 12.7. The van der Waals surface area contributed by atoms with Crippen molar-refractivity contribution in [3.05, 3.63) is 194 Å². The Bertz CT molecular complexity index is 4110. The topological polar surface area (TPSA) is 51.6 Å². The molecule has 5 heterocycles. The zero-order chi connectivity index (χ0) is 42.6. The zero-order valence-electron chi connectivity index (χ0n) is 34.5. The van der Waals surface area contributed by atoms with Gasteiger partial charge < -0.3 is 0 Å². The smallest absolute Gasteiger partial charge is 0.165 e. The molecule has 0 aliphatic carbocycles. The summed E-state index contributed by atoms with van der Waals surface area (Å²) in [5.41, 5.74) is 8.33. The minimum absolute atomic E-state index is 0.639. The summed E-state index contributed by atoms with van der Waals surface area (Å²) in [6.07, 6.45) is 0. The van der Waals surface area contributed by atoms with E-state index in [1.807, 2.05) is 11.3 Å². The Kier molecular flexibility index (Phi) is 8.16. The van der Waals surface area contributed by atoms with Crippen molar-refractivity contribution in [2.75, 3.05) is 0 Å². The minimum atomic E-state index is 0.639. The van der Waals surface area contributed by atoms with Crippen LogP contribution in [0.2, 0.25) is 0 Å². The molecule has 0 bridgehead atoms. The normalized spacial score (nSPS) is 12.0. The van der Waals surface area contributed by atoms with Crippen molar-refractivity contribution in [1.82, 2.24) is 19.9 Å². The van der Waals surface area contributed by atoms with Crippen LogP contribution in [0, 0.1) is 0 Å². The zero-order valence-corrected chi connectivity index (χ0v) is 36.9. The van der Waals surface area contributed by atoms with Crippen LogP contribution in [-0.4, -0.2) is 19.9 Å². The highest BCUT2D eigenvalue weighted by molar-refractivity contribution is 7.27. The van der Waals surface area contributed by atoms with E-state index in [2.05, 4.69) is 194 Å². The lowest BCUT2D eigenvalue weighted by Crippen LogP contribution is -2.00. The van der Waals surface area contributed by atoms with E-state index in [0.29, 0.717) is 17.5 Å². The number of thiophene rings is 3. The molecule has 5 aromatic heterocycles. The van der Waals surface area contributed by atoms with Gasteiger partial charge in [-0.15, -0.1) is 34.0 Å². The molecule has 4 nitrogen and oxygen atoms in total. The van der Waals surface area contributed by atoms with E-state index in [-0.39, 0.29) is 0 Å². The number of hydrogen-bond donors (Lipinski definition) is 0. The number of pyridine rings is 1. The summed E-state index contributed by atoms with van der Waals surface area (Å²) < 4.78 is 7.37. The van der Waals surface area contributed by atoms with Crippen molar-refractivity contribution >= 4 is 116 Å². The van der Waals surface area contributed by atoms with E-state index < -0.39 is 0 Å². The van der Waals surface area contributed by atoms with Crippen LogP contribution < -0.4 is 0 Å². The molecule has 0 N–H and O–H groups in total. The third kappa shape index (κ3) is 5.73. The number of para-hydroxylation sites is 1. The number of aromatic nitrogens is 4. The highest BCUT2D eigenvalue weighted by Gasteiger charge is 2.22. The molecule has 0 radical (unpaired) electrons. The maximum Gasteiger partial charge on any atom is 0.165 e. The predicted octanol–water partition coefficient (Wildman–Crippen LogP) is 17.0. The molecule has 14 aromatic rings. The monoisotopic (exact) mass is 880 g/mol. The van der Waals surface area contributed by atoms with Gasteiger partial charge in [0.05, 0.1) is 11.2 Å². The molecule has 0 fully saturated rings. The molecule has 65 heavy (non-hydrogen) atoms. The Morgan fingerprint density at radius 2 is 0.769 bits per heavy atom. The molecule has 0 aliphatic rings. The van der Waals surface area contributed by atoms with Gasteiger partial charge in [0.25, 0.3) is 0 Å². The first-order valence-electron chi connectivity index (χ1n) is 21.6. The van der Waals surface area contributed by atoms with Crippen LogP contribution in [0.3, 0.4) is 0 Å². The van der Waals surface area contributed by atoms with Gasteiger partial charge in [-0.2, -0.15) is 0 Å². The van der Waals surface area contributed by atoms with Gasteiger partial charge in [-0.25, -0.2) is 19.9 Å². The van der Waals surface area contributed by atoms with Crippen LogP contribution in [0.15, 0.2) is 194 Å². The quantitative estimate of drug-likeness (QED) is 0.162. The Morgan fingerprint density at radius 3 is 1.42 bits per heavy atom. The van der Waals surface area contributed by atoms with E-state index in [4.69, 9.17) is 19.9 Å². The number of benzene rings is 9. The fourth-order valence-electron chi connectivity index (χ4n) is 9.75. The molecule has 14 rings (SSSR count).